The number of esters is 1. The number of ether oxygens (including phenoxy) is 1. The summed E-state index contributed by atoms with van der Waals surface area (Å²) in [6.07, 6.45) is 1.27. The number of phosphoric ester groups is 1. The first-order valence-corrected chi connectivity index (χ1v) is 7.17. The van der Waals surface area contributed by atoms with Gasteiger partial charge in [0.2, 0.25) is 0 Å². The minimum atomic E-state index is -3.39. The predicted molar refractivity (Wildman–Crippen MR) is 62.7 cm³/mol. The average Bonchev–Trinajstić information content (AvgIpc) is 2.23. The molecule has 0 heterocycles. The van der Waals surface area contributed by atoms with Gasteiger partial charge in [0.1, 0.15) is 0 Å². The molecule has 0 aromatic heterocycles. The highest BCUT2D eigenvalue weighted by Crippen LogP contribution is 2.49. The fraction of sp³-hybridized carbons (Fsp3) is 0.900. The van der Waals surface area contributed by atoms with E-state index in [1.165, 1.54) is 6.92 Å². The Balaban J connectivity index is 3.68. The molecule has 0 fully saturated rings. The van der Waals surface area contributed by atoms with Crippen LogP contribution in [0, 0.1) is 0 Å². The molecule has 0 amide bonds. The van der Waals surface area contributed by atoms with Gasteiger partial charge in [0.25, 0.3) is 0 Å². The lowest BCUT2D eigenvalue weighted by Crippen LogP contribution is -2.04. The molecule has 0 bridgehead atoms. The van der Waals surface area contributed by atoms with Gasteiger partial charge in [-0.05, 0) is 26.7 Å². The molecule has 0 aromatic rings. The number of hydrogen-bond acceptors (Lipinski definition) is 6. The minimum Gasteiger partial charge on any atom is -0.466 e. The molecule has 0 unspecified atom stereocenters. The van der Waals surface area contributed by atoms with Gasteiger partial charge in [-0.25, -0.2) is 4.57 Å². The normalized spacial score (nSPS) is 11.5. The van der Waals surface area contributed by atoms with Crippen molar-refractivity contribution in [3.8, 4) is 0 Å². The van der Waals surface area contributed by atoms with Crippen molar-refractivity contribution in [2.75, 3.05) is 26.4 Å². The van der Waals surface area contributed by atoms with Gasteiger partial charge in [-0.1, -0.05) is 0 Å². The molecule has 0 rings (SSSR count). The molecule has 0 aliphatic heterocycles. The van der Waals surface area contributed by atoms with Crippen LogP contribution < -0.4 is 0 Å². The first kappa shape index (κ1) is 16.6. The third-order valence-electron chi connectivity index (χ3n) is 1.67. The Bertz CT molecular complexity index is 245. The van der Waals surface area contributed by atoms with Gasteiger partial charge in [-0.2, -0.15) is 0 Å². The number of rotatable bonds is 10. The molecule has 0 aliphatic carbocycles. The fourth-order valence-corrected chi connectivity index (χ4v) is 2.23. The molecule has 0 atom stereocenters. The zero-order valence-corrected chi connectivity index (χ0v) is 11.5. The van der Waals surface area contributed by atoms with Crippen LogP contribution in [-0.4, -0.2) is 32.4 Å². The maximum absolute atomic E-state index is 11.8. The Kier molecular flexibility index (Phi) is 9.36. The maximum Gasteiger partial charge on any atom is 0.474 e. The van der Waals surface area contributed by atoms with E-state index in [-0.39, 0.29) is 25.8 Å². The standard InChI is InChI=1S/C10H21O6P/c1-4-14-17(12,15-5-2)16-9-7-6-8-13-10(3)11/h4-9H2,1-3H3. The van der Waals surface area contributed by atoms with Crippen LogP contribution in [0.5, 0.6) is 0 Å². The van der Waals surface area contributed by atoms with Gasteiger partial charge in [0.15, 0.2) is 0 Å². The Morgan fingerprint density at radius 2 is 1.53 bits per heavy atom. The van der Waals surface area contributed by atoms with E-state index < -0.39 is 7.82 Å². The van der Waals surface area contributed by atoms with Crippen molar-refractivity contribution in [1.82, 2.24) is 0 Å². The molecular weight excluding hydrogens is 247 g/mol. The van der Waals surface area contributed by atoms with Crippen molar-refractivity contribution in [1.29, 1.82) is 0 Å². The molecule has 0 N–H and O–H groups in total. The summed E-state index contributed by atoms with van der Waals surface area (Å²) in [7, 11) is -3.39. The molecular formula is C10H21O6P. The van der Waals surface area contributed by atoms with Crippen molar-refractivity contribution in [2.24, 2.45) is 0 Å². The molecule has 7 heteroatoms. The van der Waals surface area contributed by atoms with Gasteiger partial charge in [-0.15, -0.1) is 0 Å². The Morgan fingerprint density at radius 3 is 2.00 bits per heavy atom. The van der Waals surface area contributed by atoms with E-state index in [0.717, 1.165) is 0 Å². The summed E-state index contributed by atoms with van der Waals surface area (Å²) in [5.74, 6) is -0.305. The highest BCUT2D eigenvalue weighted by molar-refractivity contribution is 7.48. The SMILES string of the molecule is CCOP(=O)(OCC)OCCCCOC(C)=O. The quantitative estimate of drug-likeness (QED) is 0.344. The lowest BCUT2D eigenvalue weighted by molar-refractivity contribution is -0.141. The zero-order valence-electron chi connectivity index (χ0n) is 10.6. The van der Waals surface area contributed by atoms with E-state index in [2.05, 4.69) is 0 Å². The average molecular weight is 268 g/mol. The summed E-state index contributed by atoms with van der Waals surface area (Å²) in [6, 6.07) is 0. The van der Waals surface area contributed by atoms with E-state index in [1.807, 2.05) is 0 Å². The highest BCUT2D eigenvalue weighted by Gasteiger charge is 2.24. The Labute approximate surface area is 102 Å². The van der Waals surface area contributed by atoms with E-state index in [4.69, 9.17) is 18.3 Å². The van der Waals surface area contributed by atoms with Gasteiger partial charge in [-0.3, -0.25) is 18.4 Å². The van der Waals surface area contributed by atoms with Crippen LogP contribution in [0.25, 0.3) is 0 Å². The minimum absolute atomic E-state index is 0.249. The zero-order chi connectivity index (χ0) is 13.1. The summed E-state index contributed by atoms with van der Waals surface area (Å²) < 4.78 is 31.5. The molecule has 0 radical (unpaired) electrons. The van der Waals surface area contributed by atoms with Crippen molar-refractivity contribution in [3.05, 3.63) is 0 Å². The Morgan fingerprint density at radius 1 is 1.00 bits per heavy atom. The van der Waals surface area contributed by atoms with Gasteiger partial charge in [0, 0.05) is 6.92 Å². The molecule has 0 aliphatic rings. The van der Waals surface area contributed by atoms with Crippen LogP contribution in [0.2, 0.25) is 0 Å². The highest BCUT2D eigenvalue weighted by atomic mass is 31.2. The number of unbranched alkanes of at least 4 members (excludes halogenated alkanes) is 1. The first-order chi connectivity index (χ1) is 8.04. The second-order valence-electron chi connectivity index (χ2n) is 3.16. The molecule has 102 valence electrons. The molecule has 0 aromatic carbocycles. The number of carbonyl (C=O) groups is 1. The maximum atomic E-state index is 11.8. The van der Waals surface area contributed by atoms with Crippen LogP contribution in [-0.2, 0) is 27.7 Å². The van der Waals surface area contributed by atoms with Gasteiger partial charge >= 0.3 is 13.8 Å². The van der Waals surface area contributed by atoms with Crippen molar-refractivity contribution in [3.63, 3.8) is 0 Å². The van der Waals surface area contributed by atoms with Crippen LogP contribution in [0.1, 0.15) is 33.6 Å². The molecule has 0 spiro atoms. The van der Waals surface area contributed by atoms with E-state index in [9.17, 15) is 9.36 Å². The number of carbonyl (C=O) groups excluding carboxylic acids is 1. The largest absolute Gasteiger partial charge is 0.474 e. The summed E-state index contributed by atoms with van der Waals surface area (Å²) >= 11 is 0. The van der Waals surface area contributed by atoms with Crippen LogP contribution in [0.3, 0.4) is 0 Å². The van der Waals surface area contributed by atoms with Gasteiger partial charge in [0.05, 0.1) is 26.4 Å². The molecule has 0 saturated heterocycles. The van der Waals surface area contributed by atoms with Crippen LogP contribution >= 0.6 is 7.82 Å². The molecule has 17 heavy (non-hydrogen) atoms. The summed E-state index contributed by atoms with van der Waals surface area (Å²) in [6.45, 7) is 5.92. The number of phosphoric acid groups is 1. The smallest absolute Gasteiger partial charge is 0.466 e. The number of hydrogen-bond donors (Lipinski definition) is 0. The lowest BCUT2D eigenvalue weighted by atomic mass is 10.3. The second kappa shape index (κ2) is 9.59. The van der Waals surface area contributed by atoms with E-state index in [0.29, 0.717) is 19.4 Å². The molecule has 6 nitrogen and oxygen atoms in total. The van der Waals surface area contributed by atoms with Crippen molar-refractivity contribution < 1.29 is 27.7 Å². The van der Waals surface area contributed by atoms with E-state index >= 15 is 0 Å². The monoisotopic (exact) mass is 268 g/mol. The summed E-state index contributed by atoms with van der Waals surface area (Å²) in [5.41, 5.74) is 0. The first-order valence-electron chi connectivity index (χ1n) is 5.71. The third kappa shape index (κ3) is 9.30. The lowest BCUT2D eigenvalue weighted by Gasteiger charge is -2.16. The summed E-state index contributed by atoms with van der Waals surface area (Å²) in [5, 5.41) is 0. The topological polar surface area (TPSA) is 71.1 Å². The third-order valence-corrected chi connectivity index (χ3v) is 3.32. The van der Waals surface area contributed by atoms with Crippen LogP contribution in [0.15, 0.2) is 0 Å². The summed E-state index contributed by atoms with van der Waals surface area (Å²) in [4.78, 5) is 10.5. The molecule has 0 saturated carbocycles. The predicted octanol–water partition coefficient (Wildman–Crippen LogP) is 2.53. The fourth-order valence-electron chi connectivity index (χ4n) is 1.02. The van der Waals surface area contributed by atoms with E-state index in [1.54, 1.807) is 13.8 Å². The van der Waals surface area contributed by atoms with Gasteiger partial charge < -0.3 is 4.74 Å². The second-order valence-corrected chi connectivity index (χ2v) is 4.83. The van der Waals surface area contributed by atoms with Crippen molar-refractivity contribution in [2.45, 2.75) is 33.6 Å². The Hall–Kier alpha value is -0.420. The van der Waals surface area contributed by atoms with Crippen LogP contribution in [0.4, 0.5) is 0 Å². The van der Waals surface area contributed by atoms with Crippen molar-refractivity contribution >= 4 is 13.8 Å².